The summed E-state index contributed by atoms with van der Waals surface area (Å²) in [5, 5.41) is 0. The Morgan fingerprint density at radius 2 is 1.25 bits per heavy atom. The molecule has 0 unspecified atom stereocenters. The molecule has 2 aliphatic rings. The number of hydrogen-bond acceptors (Lipinski definition) is 6. The normalized spacial score (nSPS) is 18.8. The summed E-state index contributed by atoms with van der Waals surface area (Å²) in [5.74, 6) is 0.111. The molecule has 0 aliphatic carbocycles. The van der Waals surface area contributed by atoms with Gasteiger partial charge in [-0.15, -0.1) is 0 Å². The van der Waals surface area contributed by atoms with E-state index in [2.05, 4.69) is 0 Å². The second-order valence-electron chi connectivity index (χ2n) is 7.72. The lowest BCUT2D eigenvalue weighted by Gasteiger charge is -2.40. The zero-order chi connectivity index (χ0) is 20.2. The average Bonchev–Trinajstić information content (AvgIpc) is 2.66. The highest BCUT2D eigenvalue weighted by Crippen LogP contribution is 2.31. The third kappa shape index (κ3) is 5.08. The lowest BCUT2D eigenvalue weighted by atomic mass is 10.1. The quantitative estimate of drug-likeness (QED) is 0.696. The molecule has 28 heavy (non-hydrogen) atoms. The summed E-state index contributed by atoms with van der Waals surface area (Å²) in [5.41, 5.74) is 0.597. The lowest BCUT2D eigenvalue weighted by molar-refractivity contribution is 0.166. The van der Waals surface area contributed by atoms with E-state index in [4.69, 9.17) is 0 Å². The first-order chi connectivity index (χ1) is 13.3. The number of piperidine rings is 2. The van der Waals surface area contributed by atoms with Crippen molar-refractivity contribution in [3.63, 3.8) is 0 Å². The highest BCUT2D eigenvalue weighted by Gasteiger charge is 2.37. The molecule has 0 N–H and O–H groups in total. The van der Waals surface area contributed by atoms with Crippen molar-refractivity contribution in [2.24, 2.45) is 0 Å². The first kappa shape index (κ1) is 21.2. The Hall–Kier alpha value is -1.54. The van der Waals surface area contributed by atoms with Crippen LogP contribution in [0.4, 0.5) is 0 Å². The van der Waals surface area contributed by atoms with Crippen molar-refractivity contribution in [1.29, 1.82) is 0 Å². The Morgan fingerprint density at radius 3 is 1.68 bits per heavy atom. The Kier molecular flexibility index (Phi) is 6.70. The van der Waals surface area contributed by atoms with Gasteiger partial charge in [0.15, 0.2) is 23.9 Å². The lowest BCUT2D eigenvalue weighted by Crippen LogP contribution is -2.43. The van der Waals surface area contributed by atoms with E-state index in [0.717, 1.165) is 44.8 Å². The van der Waals surface area contributed by atoms with Crippen molar-refractivity contribution in [3.05, 3.63) is 46.0 Å². The topological polar surface area (TPSA) is 74.8 Å². The second-order valence-corrected chi connectivity index (χ2v) is 11.9. The summed E-state index contributed by atoms with van der Waals surface area (Å²) in [7, 11) is -7.95. The van der Waals surface area contributed by atoms with Crippen LogP contribution in [-0.4, -0.2) is 59.1 Å². The van der Waals surface area contributed by atoms with E-state index >= 15 is 0 Å². The van der Waals surface area contributed by atoms with Crippen LogP contribution in [0.25, 0.3) is 0 Å². The number of likely N-dealkylation sites (tertiary alicyclic amines) is 2. The predicted octanol–water partition coefficient (Wildman–Crippen LogP) is 2.74. The molecule has 0 amide bonds. The number of hydrogen-bond donors (Lipinski definition) is 0. The van der Waals surface area contributed by atoms with Gasteiger partial charge in [0.1, 0.15) is 5.82 Å². The van der Waals surface area contributed by atoms with Crippen molar-refractivity contribution in [1.82, 2.24) is 9.80 Å². The first-order valence-corrected chi connectivity index (χ1v) is 13.5. The van der Waals surface area contributed by atoms with Gasteiger partial charge in [0.25, 0.3) is 0 Å². The summed E-state index contributed by atoms with van der Waals surface area (Å²) in [4.78, 5) is 3.99. The summed E-state index contributed by atoms with van der Waals surface area (Å²) in [6.07, 6.45) is 7.02. The molecule has 2 heterocycles. The van der Waals surface area contributed by atoms with Gasteiger partial charge in [-0.05, 0) is 44.1 Å². The molecular formula is C20H30N2O4S2. The van der Waals surface area contributed by atoms with E-state index in [1.165, 1.54) is 0 Å². The number of nitrogens with zero attached hydrogens (tertiary/aromatic N) is 2. The first-order valence-electron chi connectivity index (χ1n) is 10.00. The second kappa shape index (κ2) is 8.86. The number of rotatable bonds is 6. The van der Waals surface area contributed by atoms with Crippen LogP contribution in [0.5, 0.6) is 0 Å². The van der Waals surface area contributed by atoms with Gasteiger partial charge >= 0.3 is 0 Å². The molecule has 8 heteroatoms. The molecule has 3 rings (SSSR count). The van der Waals surface area contributed by atoms with E-state index in [0.29, 0.717) is 37.6 Å². The highest BCUT2D eigenvalue weighted by molar-refractivity contribution is 8.13. The highest BCUT2D eigenvalue weighted by atomic mass is 32.3. The van der Waals surface area contributed by atoms with E-state index < -0.39 is 23.9 Å². The number of benzene rings is 1. The molecule has 1 aromatic rings. The number of sulfone groups is 2. The van der Waals surface area contributed by atoms with Crippen molar-refractivity contribution in [2.75, 3.05) is 32.4 Å². The molecule has 1 aromatic carbocycles. The Balaban J connectivity index is 2.13. The van der Waals surface area contributed by atoms with Crippen LogP contribution < -0.4 is 0 Å². The Bertz CT molecular complexity index is 877. The fraction of sp³-hybridized carbons (Fsp3) is 0.600. The average molecular weight is 427 g/mol. The maximum Gasteiger partial charge on any atom is 0.199 e. The standard InChI is InChI=1S/C20H30N2O4S2/c1-27(23,24)20(28(25,26)17-18-11-5-2-6-12-18)19(21-13-7-3-8-14-21)22-15-9-4-10-16-22/h2,5-6,11-12H,3-4,7-10,13-17H2,1H3. The molecule has 156 valence electrons. The van der Waals surface area contributed by atoms with Gasteiger partial charge in [-0.2, -0.15) is 0 Å². The van der Waals surface area contributed by atoms with Gasteiger partial charge in [-0.3, -0.25) is 0 Å². The monoisotopic (exact) mass is 426 g/mol. The van der Waals surface area contributed by atoms with Crippen LogP contribution in [0, 0.1) is 0 Å². The van der Waals surface area contributed by atoms with Gasteiger partial charge in [-0.1, -0.05) is 30.3 Å². The van der Waals surface area contributed by atoms with E-state index in [1.54, 1.807) is 24.3 Å². The molecule has 2 aliphatic heterocycles. The summed E-state index contributed by atoms with van der Waals surface area (Å²) < 4.78 is 52.0. The van der Waals surface area contributed by atoms with Crippen LogP contribution >= 0.6 is 0 Å². The Labute approximate surface area is 169 Å². The fourth-order valence-electron chi connectivity index (χ4n) is 4.06. The zero-order valence-corrected chi connectivity index (χ0v) is 18.1. The van der Waals surface area contributed by atoms with Crippen LogP contribution in [0.15, 0.2) is 40.4 Å². The van der Waals surface area contributed by atoms with Crippen LogP contribution in [-0.2, 0) is 25.4 Å². The molecule has 2 fully saturated rings. The van der Waals surface area contributed by atoms with Gasteiger partial charge in [-0.25, -0.2) is 16.8 Å². The van der Waals surface area contributed by atoms with Crippen molar-refractivity contribution < 1.29 is 16.8 Å². The molecular weight excluding hydrogens is 396 g/mol. The minimum Gasteiger partial charge on any atom is -0.357 e. The van der Waals surface area contributed by atoms with Crippen molar-refractivity contribution in [2.45, 2.75) is 44.3 Å². The van der Waals surface area contributed by atoms with Gasteiger partial charge < -0.3 is 9.80 Å². The molecule has 0 aromatic heterocycles. The van der Waals surface area contributed by atoms with Crippen LogP contribution in [0.3, 0.4) is 0 Å². The Morgan fingerprint density at radius 1 is 0.786 bits per heavy atom. The van der Waals surface area contributed by atoms with E-state index in [9.17, 15) is 16.8 Å². The van der Waals surface area contributed by atoms with E-state index in [-0.39, 0.29) is 5.75 Å². The van der Waals surface area contributed by atoms with Gasteiger partial charge in [0.05, 0.1) is 5.75 Å². The van der Waals surface area contributed by atoms with Crippen molar-refractivity contribution >= 4 is 19.7 Å². The SMILES string of the molecule is CS(=O)(=O)C(=C(N1CCCCC1)N1CCCCC1)S(=O)(=O)Cc1ccccc1. The maximum absolute atomic E-state index is 13.4. The molecule has 0 radical (unpaired) electrons. The summed E-state index contributed by atoms with van der Waals surface area (Å²) in [6.45, 7) is 2.80. The maximum atomic E-state index is 13.4. The zero-order valence-electron chi connectivity index (χ0n) is 16.5. The van der Waals surface area contributed by atoms with Crippen molar-refractivity contribution in [3.8, 4) is 0 Å². The summed E-state index contributed by atoms with van der Waals surface area (Å²) in [6, 6.07) is 8.80. The summed E-state index contributed by atoms with van der Waals surface area (Å²) >= 11 is 0. The minimum atomic E-state index is -4.02. The van der Waals surface area contributed by atoms with E-state index in [1.807, 2.05) is 15.9 Å². The predicted molar refractivity (Wildman–Crippen MR) is 112 cm³/mol. The molecule has 6 nitrogen and oxygen atoms in total. The molecule has 2 saturated heterocycles. The third-order valence-electron chi connectivity index (χ3n) is 5.31. The van der Waals surface area contributed by atoms with Crippen LogP contribution in [0.2, 0.25) is 0 Å². The fourth-order valence-corrected chi connectivity index (χ4v) is 7.97. The van der Waals surface area contributed by atoms with Crippen LogP contribution in [0.1, 0.15) is 44.1 Å². The minimum absolute atomic E-state index is 0.304. The van der Waals surface area contributed by atoms with Gasteiger partial charge in [0.2, 0.25) is 0 Å². The largest absolute Gasteiger partial charge is 0.357 e. The molecule has 0 spiro atoms. The third-order valence-corrected chi connectivity index (χ3v) is 9.30. The molecule has 0 bridgehead atoms. The molecule has 0 saturated carbocycles. The van der Waals surface area contributed by atoms with Gasteiger partial charge in [0, 0.05) is 32.4 Å². The smallest absolute Gasteiger partial charge is 0.199 e. The molecule has 0 atom stereocenters.